The summed E-state index contributed by atoms with van der Waals surface area (Å²) in [4.78, 5) is 3.96. The molecule has 1 heterocycles. The van der Waals surface area contributed by atoms with E-state index in [9.17, 15) is 0 Å². The van der Waals surface area contributed by atoms with Gasteiger partial charge in [0.05, 0.1) is 6.61 Å². The van der Waals surface area contributed by atoms with Gasteiger partial charge in [0, 0.05) is 25.2 Å². The Morgan fingerprint density at radius 2 is 2.15 bits per heavy atom. The quantitative estimate of drug-likeness (QED) is 0.692. The van der Waals surface area contributed by atoms with E-state index in [0.29, 0.717) is 17.6 Å². The Morgan fingerprint density at radius 1 is 1.54 bits per heavy atom. The topological polar surface area (TPSA) is 22.1 Å². The fraction of sp³-hybridized carbons (Fsp3) is 0.400. The first-order valence-electron chi connectivity index (χ1n) is 4.23. The zero-order valence-corrected chi connectivity index (χ0v) is 8.67. The van der Waals surface area contributed by atoms with E-state index in [1.165, 1.54) is 5.56 Å². The van der Waals surface area contributed by atoms with E-state index in [1.54, 1.807) is 19.3 Å². The summed E-state index contributed by atoms with van der Waals surface area (Å²) in [6, 6.07) is 3.99. The van der Waals surface area contributed by atoms with Crippen molar-refractivity contribution in [1.29, 1.82) is 0 Å². The molecular weight excluding hydrogens is 182 g/mol. The maximum Gasteiger partial charge on any atom is 0.156 e. The molecule has 0 saturated carbocycles. The van der Waals surface area contributed by atoms with Crippen molar-refractivity contribution in [3.05, 3.63) is 30.1 Å². The molecule has 0 bridgehead atoms. The molecule has 1 unspecified atom stereocenters. The molecule has 70 valence electrons. The zero-order chi connectivity index (χ0) is 9.68. The van der Waals surface area contributed by atoms with Crippen molar-refractivity contribution in [2.45, 2.75) is 19.8 Å². The molecule has 1 aromatic rings. The van der Waals surface area contributed by atoms with E-state index >= 15 is 0 Å². The SMILES string of the molecule is CC(=S)OCC(C)c1ccncc1. The fourth-order valence-corrected chi connectivity index (χ4v) is 1.10. The molecule has 0 aliphatic heterocycles. The van der Waals surface area contributed by atoms with E-state index in [2.05, 4.69) is 11.9 Å². The first kappa shape index (κ1) is 10.1. The van der Waals surface area contributed by atoms with Gasteiger partial charge >= 0.3 is 0 Å². The second-order valence-electron chi connectivity index (χ2n) is 2.98. The number of rotatable bonds is 3. The van der Waals surface area contributed by atoms with Crippen LogP contribution in [0.15, 0.2) is 24.5 Å². The summed E-state index contributed by atoms with van der Waals surface area (Å²) in [5.41, 5.74) is 1.23. The summed E-state index contributed by atoms with van der Waals surface area (Å²) in [7, 11) is 0. The molecule has 2 nitrogen and oxygen atoms in total. The average molecular weight is 195 g/mol. The molecule has 0 aliphatic carbocycles. The van der Waals surface area contributed by atoms with Gasteiger partial charge in [-0.25, -0.2) is 0 Å². The first-order valence-corrected chi connectivity index (χ1v) is 4.64. The Morgan fingerprint density at radius 3 is 2.69 bits per heavy atom. The molecule has 1 atom stereocenters. The van der Waals surface area contributed by atoms with Crippen molar-refractivity contribution in [1.82, 2.24) is 4.98 Å². The van der Waals surface area contributed by atoms with Crippen LogP contribution in [0.4, 0.5) is 0 Å². The number of hydrogen-bond acceptors (Lipinski definition) is 3. The number of thiocarbonyl (C=S) groups is 1. The third-order valence-electron chi connectivity index (χ3n) is 1.81. The van der Waals surface area contributed by atoms with Gasteiger partial charge in [-0.15, -0.1) is 0 Å². The molecular formula is C10H13NOS. The maximum absolute atomic E-state index is 5.27. The summed E-state index contributed by atoms with van der Waals surface area (Å²) in [5.74, 6) is 0.362. The molecule has 3 heteroatoms. The highest BCUT2D eigenvalue weighted by atomic mass is 32.1. The molecule has 0 radical (unpaired) electrons. The molecule has 0 amide bonds. The van der Waals surface area contributed by atoms with Crippen molar-refractivity contribution >= 4 is 17.3 Å². The highest BCUT2D eigenvalue weighted by molar-refractivity contribution is 7.80. The van der Waals surface area contributed by atoms with E-state index in [1.807, 2.05) is 12.1 Å². The Hall–Kier alpha value is -0.960. The highest BCUT2D eigenvalue weighted by Crippen LogP contribution is 2.13. The molecule has 0 spiro atoms. The van der Waals surface area contributed by atoms with Crippen LogP contribution in [0.25, 0.3) is 0 Å². The van der Waals surface area contributed by atoms with Crippen LogP contribution >= 0.6 is 12.2 Å². The van der Waals surface area contributed by atoms with Gasteiger partial charge in [-0.05, 0) is 29.9 Å². The lowest BCUT2D eigenvalue weighted by Crippen LogP contribution is -2.06. The number of aromatic nitrogens is 1. The van der Waals surface area contributed by atoms with Crippen molar-refractivity contribution in [2.75, 3.05) is 6.61 Å². The molecule has 1 rings (SSSR count). The Bertz CT molecular complexity index is 274. The second-order valence-corrected chi connectivity index (χ2v) is 3.56. The molecule has 0 aromatic carbocycles. The zero-order valence-electron chi connectivity index (χ0n) is 7.86. The Balaban J connectivity index is 2.49. The summed E-state index contributed by atoms with van der Waals surface area (Å²) in [5, 5.41) is 0.598. The van der Waals surface area contributed by atoms with Crippen LogP contribution in [0.2, 0.25) is 0 Å². The van der Waals surface area contributed by atoms with Gasteiger partial charge in [-0.3, -0.25) is 4.98 Å². The van der Waals surface area contributed by atoms with E-state index in [-0.39, 0.29) is 0 Å². The van der Waals surface area contributed by atoms with Gasteiger partial charge in [0.25, 0.3) is 0 Å². The van der Waals surface area contributed by atoms with Gasteiger partial charge in [-0.2, -0.15) is 0 Å². The molecule has 13 heavy (non-hydrogen) atoms. The van der Waals surface area contributed by atoms with E-state index in [4.69, 9.17) is 17.0 Å². The van der Waals surface area contributed by atoms with Crippen LogP contribution in [-0.4, -0.2) is 16.6 Å². The monoisotopic (exact) mass is 195 g/mol. The highest BCUT2D eigenvalue weighted by Gasteiger charge is 2.05. The van der Waals surface area contributed by atoms with Crippen LogP contribution < -0.4 is 0 Å². The molecule has 0 N–H and O–H groups in total. The smallest absolute Gasteiger partial charge is 0.156 e. The predicted octanol–water partition coefficient (Wildman–Crippen LogP) is 2.55. The van der Waals surface area contributed by atoms with E-state index in [0.717, 1.165) is 0 Å². The van der Waals surface area contributed by atoms with Crippen LogP contribution in [-0.2, 0) is 4.74 Å². The van der Waals surface area contributed by atoms with Gasteiger partial charge in [0.1, 0.15) is 0 Å². The number of hydrogen-bond donors (Lipinski definition) is 0. The number of ether oxygens (including phenoxy) is 1. The van der Waals surface area contributed by atoms with Crippen molar-refractivity contribution < 1.29 is 4.74 Å². The van der Waals surface area contributed by atoms with E-state index < -0.39 is 0 Å². The van der Waals surface area contributed by atoms with Crippen LogP contribution in [0.5, 0.6) is 0 Å². The fourth-order valence-electron chi connectivity index (χ4n) is 1.03. The normalized spacial score (nSPS) is 12.2. The molecule has 0 aliphatic rings. The van der Waals surface area contributed by atoms with Gasteiger partial charge in [-0.1, -0.05) is 6.92 Å². The van der Waals surface area contributed by atoms with Crippen molar-refractivity contribution in [3.63, 3.8) is 0 Å². The lowest BCUT2D eigenvalue weighted by atomic mass is 10.0. The molecule has 0 saturated heterocycles. The van der Waals surface area contributed by atoms with Crippen LogP contribution in [0.1, 0.15) is 25.3 Å². The summed E-state index contributed by atoms with van der Waals surface area (Å²) in [6.45, 7) is 4.53. The van der Waals surface area contributed by atoms with Gasteiger partial charge in [0.2, 0.25) is 0 Å². The van der Waals surface area contributed by atoms with Crippen LogP contribution in [0.3, 0.4) is 0 Å². The minimum atomic E-state index is 0.362. The predicted molar refractivity (Wildman–Crippen MR) is 56.9 cm³/mol. The maximum atomic E-state index is 5.27. The number of nitrogens with zero attached hydrogens (tertiary/aromatic N) is 1. The largest absolute Gasteiger partial charge is 0.487 e. The first-order chi connectivity index (χ1) is 6.20. The van der Waals surface area contributed by atoms with Crippen LogP contribution in [0, 0.1) is 0 Å². The molecule has 1 aromatic heterocycles. The lowest BCUT2D eigenvalue weighted by molar-refractivity contribution is 0.288. The summed E-state index contributed by atoms with van der Waals surface area (Å²) >= 11 is 4.83. The summed E-state index contributed by atoms with van der Waals surface area (Å²) in [6.07, 6.45) is 3.58. The third-order valence-corrected chi connectivity index (χ3v) is 1.93. The average Bonchev–Trinajstić information content (AvgIpc) is 2.15. The minimum absolute atomic E-state index is 0.362. The standard InChI is InChI=1S/C10H13NOS/c1-8(7-12-9(2)13)10-3-5-11-6-4-10/h3-6,8H,7H2,1-2H3. The summed E-state index contributed by atoms with van der Waals surface area (Å²) < 4.78 is 5.27. The molecule has 0 fully saturated rings. The van der Waals surface area contributed by atoms with Crippen molar-refractivity contribution in [2.24, 2.45) is 0 Å². The third kappa shape index (κ3) is 3.51. The van der Waals surface area contributed by atoms with Gasteiger partial charge in [0.15, 0.2) is 5.05 Å². The minimum Gasteiger partial charge on any atom is -0.487 e. The second kappa shape index (κ2) is 4.92. The lowest BCUT2D eigenvalue weighted by Gasteiger charge is -2.11. The van der Waals surface area contributed by atoms with Gasteiger partial charge < -0.3 is 4.74 Å². The van der Waals surface area contributed by atoms with Crippen molar-refractivity contribution in [3.8, 4) is 0 Å². The number of pyridine rings is 1. The Kier molecular flexibility index (Phi) is 3.83. The Labute approximate surface area is 83.9 Å².